The van der Waals surface area contributed by atoms with Crippen LogP contribution in [0, 0.1) is 6.92 Å². The molecule has 33 heavy (non-hydrogen) atoms. The summed E-state index contributed by atoms with van der Waals surface area (Å²) in [5, 5.41) is 1.06. The number of ether oxygens (including phenoxy) is 2. The van der Waals surface area contributed by atoms with Gasteiger partial charge in [-0.15, -0.1) is 0 Å². The van der Waals surface area contributed by atoms with Gasteiger partial charge in [0.2, 0.25) is 0 Å². The van der Waals surface area contributed by atoms with Crippen molar-refractivity contribution in [3.8, 4) is 17.1 Å². The maximum Gasteiger partial charge on any atom is 0.140 e. The topological polar surface area (TPSA) is 77.9 Å². The van der Waals surface area contributed by atoms with Gasteiger partial charge in [0.15, 0.2) is 0 Å². The van der Waals surface area contributed by atoms with E-state index in [2.05, 4.69) is 28.9 Å². The van der Waals surface area contributed by atoms with Crippen LogP contribution in [0.4, 0.5) is 10.1 Å². The minimum Gasteiger partial charge on any atom is -0.491 e. The Hall–Kier alpha value is -3.23. The second-order valence-corrected chi connectivity index (χ2v) is 8.49. The standard InChI is InChI=1S/C25H28FN5O2/c1-16-12-21(23-14-28-24-13-17(6-9-31(23)24)33-11-10-32-2)29-25-18(16)4-3-5-22(25)30-8-7-20(27)19(26)15-30/h3-6,9,12-14,19-20H,7-8,10-11,15,27H2,1-2H3/t19-,20+/m0/s1. The number of methoxy groups -OCH3 is 1. The van der Waals surface area contributed by atoms with Crippen molar-refractivity contribution in [1.29, 1.82) is 0 Å². The quantitative estimate of drug-likeness (QED) is 0.452. The molecule has 0 bridgehead atoms. The van der Waals surface area contributed by atoms with Gasteiger partial charge in [0, 0.05) is 37.3 Å². The van der Waals surface area contributed by atoms with E-state index >= 15 is 0 Å². The minimum atomic E-state index is -1.04. The summed E-state index contributed by atoms with van der Waals surface area (Å²) in [6.07, 6.45) is 3.34. The zero-order valence-electron chi connectivity index (χ0n) is 18.9. The molecule has 3 aromatic heterocycles. The third kappa shape index (κ3) is 4.12. The van der Waals surface area contributed by atoms with E-state index in [1.54, 1.807) is 7.11 Å². The molecule has 0 spiro atoms. The minimum absolute atomic E-state index is 0.284. The molecular weight excluding hydrogens is 421 g/mol. The van der Waals surface area contributed by atoms with Crippen molar-refractivity contribution in [3.63, 3.8) is 0 Å². The lowest BCUT2D eigenvalue weighted by Crippen LogP contribution is -2.48. The van der Waals surface area contributed by atoms with Crippen molar-refractivity contribution >= 4 is 22.2 Å². The first kappa shape index (κ1) is 21.6. The Labute approximate surface area is 191 Å². The fourth-order valence-electron chi connectivity index (χ4n) is 4.41. The number of fused-ring (bicyclic) bond motifs is 2. The third-order valence-electron chi connectivity index (χ3n) is 6.26. The number of aromatic nitrogens is 3. The number of pyridine rings is 2. The number of nitrogens with two attached hydrogens (primary N) is 1. The molecular formula is C25H28FN5O2. The summed E-state index contributed by atoms with van der Waals surface area (Å²) < 4.78 is 27.1. The molecule has 0 radical (unpaired) electrons. The Morgan fingerprint density at radius 2 is 2.09 bits per heavy atom. The highest BCUT2D eigenvalue weighted by molar-refractivity contribution is 5.94. The van der Waals surface area contributed by atoms with Gasteiger partial charge < -0.3 is 20.1 Å². The molecule has 1 aliphatic rings. The monoisotopic (exact) mass is 449 g/mol. The van der Waals surface area contributed by atoms with Crippen LogP contribution in [0.15, 0.2) is 48.8 Å². The average Bonchev–Trinajstić information content (AvgIpc) is 3.24. The Morgan fingerprint density at radius 1 is 1.21 bits per heavy atom. The van der Waals surface area contributed by atoms with Gasteiger partial charge in [-0.3, -0.25) is 4.40 Å². The number of para-hydroxylation sites is 1. The highest BCUT2D eigenvalue weighted by Crippen LogP contribution is 2.33. The molecule has 8 heteroatoms. The van der Waals surface area contributed by atoms with Crippen molar-refractivity contribution in [3.05, 3.63) is 54.4 Å². The molecule has 0 saturated carbocycles. The summed E-state index contributed by atoms with van der Waals surface area (Å²) in [5.41, 5.74) is 11.3. The molecule has 1 fully saturated rings. The van der Waals surface area contributed by atoms with Crippen molar-refractivity contribution in [2.75, 3.05) is 38.3 Å². The SMILES string of the molecule is COCCOc1ccn2c(-c3cc(C)c4cccc(N5CC[C@@H](N)[C@@H](F)C5)c4n3)cnc2c1. The van der Waals surface area contributed by atoms with Crippen LogP contribution in [0.1, 0.15) is 12.0 Å². The van der Waals surface area contributed by atoms with E-state index in [4.69, 9.17) is 20.2 Å². The fraction of sp³-hybridized carbons (Fsp3) is 0.360. The number of piperidine rings is 1. The van der Waals surface area contributed by atoms with Crippen LogP contribution in [0.5, 0.6) is 5.75 Å². The van der Waals surface area contributed by atoms with Gasteiger partial charge in [-0.2, -0.15) is 0 Å². The first-order valence-electron chi connectivity index (χ1n) is 11.2. The van der Waals surface area contributed by atoms with Crippen LogP contribution in [0.2, 0.25) is 0 Å². The first-order chi connectivity index (χ1) is 16.0. The van der Waals surface area contributed by atoms with E-state index in [1.165, 1.54) is 0 Å². The predicted octanol–water partition coefficient (Wildman–Crippen LogP) is 3.76. The maximum absolute atomic E-state index is 14.4. The largest absolute Gasteiger partial charge is 0.491 e. The maximum atomic E-state index is 14.4. The van der Waals surface area contributed by atoms with Crippen molar-refractivity contribution < 1.29 is 13.9 Å². The number of hydrogen-bond donors (Lipinski definition) is 1. The van der Waals surface area contributed by atoms with Crippen LogP contribution >= 0.6 is 0 Å². The van der Waals surface area contributed by atoms with Crippen LogP contribution in [-0.4, -0.2) is 60.0 Å². The number of anilines is 1. The summed E-state index contributed by atoms with van der Waals surface area (Å²) >= 11 is 0. The van der Waals surface area contributed by atoms with E-state index in [0.717, 1.165) is 44.9 Å². The Bertz CT molecular complexity index is 1290. The molecule has 0 unspecified atom stereocenters. The van der Waals surface area contributed by atoms with Gasteiger partial charge in [-0.25, -0.2) is 14.4 Å². The summed E-state index contributed by atoms with van der Waals surface area (Å²) in [7, 11) is 1.65. The van der Waals surface area contributed by atoms with Gasteiger partial charge >= 0.3 is 0 Å². The fourth-order valence-corrected chi connectivity index (χ4v) is 4.41. The van der Waals surface area contributed by atoms with Crippen LogP contribution in [0.3, 0.4) is 0 Å². The van der Waals surface area contributed by atoms with Crippen LogP contribution < -0.4 is 15.4 Å². The number of hydrogen-bond acceptors (Lipinski definition) is 6. The molecule has 7 nitrogen and oxygen atoms in total. The van der Waals surface area contributed by atoms with Crippen LogP contribution in [0.25, 0.3) is 27.9 Å². The second kappa shape index (κ2) is 8.96. The molecule has 4 aromatic rings. The number of halogens is 1. The van der Waals surface area contributed by atoms with Gasteiger partial charge in [0.05, 0.1) is 41.9 Å². The molecule has 2 atom stereocenters. The molecule has 1 aliphatic heterocycles. The van der Waals surface area contributed by atoms with Crippen molar-refractivity contribution in [2.45, 2.75) is 25.6 Å². The van der Waals surface area contributed by atoms with E-state index in [-0.39, 0.29) is 6.54 Å². The van der Waals surface area contributed by atoms with Crippen molar-refractivity contribution in [2.24, 2.45) is 5.73 Å². The second-order valence-electron chi connectivity index (χ2n) is 8.49. The zero-order valence-corrected chi connectivity index (χ0v) is 18.9. The van der Waals surface area contributed by atoms with E-state index in [1.807, 2.05) is 41.1 Å². The molecule has 1 saturated heterocycles. The number of benzene rings is 1. The van der Waals surface area contributed by atoms with Gasteiger partial charge in [-0.1, -0.05) is 12.1 Å². The summed E-state index contributed by atoms with van der Waals surface area (Å²) in [6, 6.07) is 11.6. The van der Waals surface area contributed by atoms with E-state index in [9.17, 15) is 4.39 Å². The molecule has 4 heterocycles. The highest BCUT2D eigenvalue weighted by atomic mass is 19.1. The Kier molecular flexibility index (Phi) is 5.86. The zero-order chi connectivity index (χ0) is 22.9. The Morgan fingerprint density at radius 3 is 2.91 bits per heavy atom. The number of rotatable bonds is 6. The van der Waals surface area contributed by atoms with Crippen molar-refractivity contribution in [1.82, 2.24) is 14.4 Å². The molecule has 1 aromatic carbocycles. The lowest BCUT2D eigenvalue weighted by atomic mass is 10.0. The molecule has 0 amide bonds. The lowest BCUT2D eigenvalue weighted by molar-refractivity contribution is 0.146. The third-order valence-corrected chi connectivity index (χ3v) is 6.26. The molecule has 172 valence electrons. The average molecular weight is 450 g/mol. The lowest BCUT2D eigenvalue weighted by Gasteiger charge is -2.35. The van der Waals surface area contributed by atoms with Gasteiger partial charge in [0.1, 0.15) is 24.2 Å². The van der Waals surface area contributed by atoms with E-state index < -0.39 is 12.2 Å². The molecule has 2 N–H and O–H groups in total. The first-order valence-corrected chi connectivity index (χ1v) is 11.2. The summed E-state index contributed by atoms with van der Waals surface area (Å²) in [4.78, 5) is 11.6. The van der Waals surface area contributed by atoms with Gasteiger partial charge in [0.25, 0.3) is 0 Å². The van der Waals surface area contributed by atoms with Gasteiger partial charge in [-0.05, 0) is 37.1 Å². The number of nitrogens with zero attached hydrogens (tertiary/aromatic N) is 4. The summed E-state index contributed by atoms with van der Waals surface area (Å²) in [5.74, 6) is 0.741. The highest BCUT2D eigenvalue weighted by Gasteiger charge is 2.27. The number of imidazole rings is 1. The summed E-state index contributed by atoms with van der Waals surface area (Å²) in [6.45, 7) is 4.08. The smallest absolute Gasteiger partial charge is 0.140 e. The molecule has 5 rings (SSSR count). The van der Waals surface area contributed by atoms with Crippen LogP contribution in [-0.2, 0) is 4.74 Å². The predicted molar refractivity (Wildman–Crippen MR) is 128 cm³/mol. The molecule has 0 aliphatic carbocycles. The van der Waals surface area contributed by atoms with E-state index in [0.29, 0.717) is 26.2 Å². The number of aryl methyl sites for hydroxylation is 1. The number of alkyl halides is 1. The Balaban J connectivity index is 1.54. The normalized spacial score (nSPS) is 18.8.